The normalized spacial score (nSPS) is 10.2. The van der Waals surface area contributed by atoms with Crippen LogP contribution in [0.25, 0.3) is 5.69 Å². The molecule has 3 nitrogen and oxygen atoms in total. The van der Waals surface area contributed by atoms with E-state index < -0.39 is 0 Å². The van der Waals surface area contributed by atoms with Crippen molar-refractivity contribution in [3.05, 3.63) is 48.3 Å². The highest BCUT2D eigenvalue weighted by Crippen LogP contribution is 2.14. The molecule has 0 bridgehead atoms. The number of halogens is 1. The maximum Gasteiger partial charge on any atom is 0.179 e. The zero-order valence-corrected chi connectivity index (χ0v) is 8.69. The molecule has 0 spiro atoms. The van der Waals surface area contributed by atoms with Gasteiger partial charge in [0.05, 0.1) is 11.6 Å². The van der Waals surface area contributed by atoms with Gasteiger partial charge in [-0.1, -0.05) is 12.1 Å². The summed E-state index contributed by atoms with van der Waals surface area (Å²) in [5, 5.41) is 4.09. The Morgan fingerprint density at radius 3 is 2.80 bits per heavy atom. The van der Waals surface area contributed by atoms with Gasteiger partial charge in [0.25, 0.3) is 0 Å². The van der Waals surface area contributed by atoms with E-state index in [0.717, 1.165) is 5.69 Å². The molecule has 1 aromatic carbocycles. The van der Waals surface area contributed by atoms with Gasteiger partial charge in [0.15, 0.2) is 5.78 Å². The van der Waals surface area contributed by atoms with Crippen molar-refractivity contribution in [1.82, 2.24) is 9.78 Å². The number of ketones is 1. The van der Waals surface area contributed by atoms with Crippen molar-refractivity contribution in [2.75, 3.05) is 5.88 Å². The Bertz CT molecular complexity index is 465. The first kappa shape index (κ1) is 9.93. The van der Waals surface area contributed by atoms with Crippen LogP contribution in [0.2, 0.25) is 0 Å². The number of Topliss-reactive ketones (excluding diaryl/α,β-unsaturated/α-hetero) is 1. The minimum atomic E-state index is -0.0947. The Balaban J connectivity index is 2.52. The molecule has 2 aromatic rings. The van der Waals surface area contributed by atoms with Crippen LogP contribution < -0.4 is 0 Å². The van der Waals surface area contributed by atoms with E-state index in [-0.39, 0.29) is 11.7 Å². The number of carbonyl (C=O) groups is 1. The van der Waals surface area contributed by atoms with E-state index >= 15 is 0 Å². The molecular weight excluding hydrogens is 212 g/mol. The van der Waals surface area contributed by atoms with Gasteiger partial charge in [-0.15, -0.1) is 11.6 Å². The molecule has 2 rings (SSSR count). The average Bonchev–Trinajstić information content (AvgIpc) is 2.81. The van der Waals surface area contributed by atoms with Crippen LogP contribution in [0.5, 0.6) is 0 Å². The molecule has 0 atom stereocenters. The van der Waals surface area contributed by atoms with Crippen LogP contribution >= 0.6 is 11.6 Å². The third kappa shape index (κ3) is 1.92. The lowest BCUT2D eigenvalue weighted by Gasteiger charge is -2.06. The second-order valence-corrected chi connectivity index (χ2v) is 3.29. The minimum absolute atomic E-state index is 0.0156. The van der Waals surface area contributed by atoms with Crippen molar-refractivity contribution in [2.24, 2.45) is 0 Å². The van der Waals surface area contributed by atoms with Crippen molar-refractivity contribution >= 4 is 17.4 Å². The lowest BCUT2D eigenvalue weighted by Crippen LogP contribution is -2.07. The molecule has 0 unspecified atom stereocenters. The highest BCUT2D eigenvalue weighted by Gasteiger charge is 2.10. The number of nitrogens with zero attached hydrogens (tertiary/aromatic N) is 2. The summed E-state index contributed by atoms with van der Waals surface area (Å²) >= 11 is 5.54. The summed E-state index contributed by atoms with van der Waals surface area (Å²) in [5.74, 6) is -0.110. The predicted molar refractivity (Wildman–Crippen MR) is 58.6 cm³/mol. The van der Waals surface area contributed by atoms with Gasteiger partial charge < -0.3 is 0 Å². The number of rotatable bonds is 3. The third-order valence-corrected chi connectivity index (χ3v) is 2.32. The lowest BCUT2D eigenvalue weighted by atomic mass is 10.1. The van der Waals surface area contributed by atoms with Crippen molar-refractivity contribution in [2.45, 2.75) is 0 Å². The first-order valence-electron chi connectivity index (χ1n) is 4.51. The summed E-state index contributed by atoms with van der Waals surface area (Å²) in [4.78, 5) is 11.6. The fourth-order valence-corrected chi connectivity index (χ4v) is 1.54. The van der Waals surface area contributed by atoms with Crippen molar-refractivity contribution in [3.8, 4) is 5.69 Å². The number of para-hydroxylation sites is 1. The molecule has 76 valence electrons. The maximum atomic E-state index is 11.6. The summed E-state index contributed by atoms with van der Waals surface area (Å²) in [5.41, 5.74) is 1.35. The number of aromatic nitrogens is 2. The molecule has 15 heavy (non-hydrogen) atoms. The highest BCUT2D eigenvalue weighted by molar-refractivity contribution is 6.30. The zero-order valence-electron chi connectivity index (χ0n) is 7.93. The van der Waals surface area contributed by atoms with Crippen molar-refractivity contribution in [1.29, 1.82) is 0 Å². The number of alkyl halides is 1. The summed E-state index contributed by atoms with van der Waals surface area (Å²) in [7, 11) is 0. The largest absolute Gasteiger partial charge is 0.293 e. The first-order valence-corrected chi connectivity index (χ1v) is 5.04. The molecule has 0 aliphatic rings. The first-order chi connectivity index (χ1) is 7.33. The smallest absolute Gasteiger partial charge is 0.179 e. The minimum Gasteiger partial charge on any atom is -0.293 e. The van der Waals surface area contributed by atoms with Crippen LogP contribution in [0.1, 0.15) is 10.4 Å². The van der Waals surface area contributed by atoms with E-state index in [9.17, 15) is 4.79 Å². The van der Waals surface area contributed by atoms with Crippen LogP contribution in [-0.4, -0.2) is 21.4 Å². The van der Waals surface area contributed by atoms with Gasteiger partial charge >= 0.3 is 0 Å². The highest BCUT2D eigenvalue weighted by atomic mass is 35.5. The molecule has 0 radical (unpaired) electrons. The molecule has 0 N–H and O–H groups in total. The second kappa shape index (κ2) is 4.28. The van der Waals surface area contributed by atoms with E-state index in [1.165, 1.54) is 0 Å². The summed E-state index contributed by atoms with van der Waals surface area (Å²) in [6.07, 6.45) is 3.46. The van der Waals surface area contributed by atoms with E-state index in [2.05, 4.69) is 5.10 Å². The Labute approximate surface area is 92.3 Å². The van der Waals surface area contributed by atoms with Gasteiger partial charge in [0.2, 0.25) is 0 Å². The standard InChI is InChI=1S/C11H9ClN2O/c12-8-11(15)9-4-1-2-5-10(9)14-7-3-6-13-14/h1-7H,8H2. The molecule has 1 aromatic heterocycles. The third-order valence-electron chi connectivity index (χ3n) is 2.08. The summed E-state index contributed by atoms with van der Waals surface area (Å²) in [6, 6.07) is 9.07. The molecular formula is C11H9ClN2O. The second-order valence-electron chi connectivity index (χ2n) is 3.02. The fraction of sp³-hybridized carbons (Fsp3) is 0.0909. The zero-order chi connectivity index (χ0) is 10.7. The summed E-state index contributed by atoms with van der Waals surface area (Å²) in [6.45, 7) is 0. The number of hydrogen-bond donors (Lipinski definition) is 0. The van der Waals surface area contributed by atoms with Gasteiger partial charge in [-0.25, -0.2) is 4.68 Å². The molecule has 1 heterocycles. The van der Waals surface area contributed by atoms with Crippen LogP contribution in [0, 0.1) is 0 Å². The number of hydrogen-bond acceptors (Lipinski definition) is 2. The summed E-state index contributed by atoms with van der Waals surface area (Å²) < 4.78 is 1.65. The fourth-order valence-electron chi connectivity index (χ4n) is 1.39. The Morgan fingerprint density at radius 1 is 1.33 bits per heavy atom. The van der Waals surface area contributed by atoms with Crippen LogP contribution in [0.4, 0.5) is 0 Å². The lowest BCUT2D eigenvalue weighted by molar-refractivity contribution is 0.102. The van der Waals surface area contributed by atoms with Gasteiger partial charge in [0.1, 0.15) is 0 Å². The van der Waals surface area contributed by atoms with E-state index in [4.69, 9.17) is 11.6 Å². The number of carbonyl (C=O) groups excluding carboxylic acids is 1. The molecule has 0 amide bonds. The van der Waals surface area contributed by atoms with E-state index in [1.807, 2.05) is 24.3 Å². The maximum absolute atomic E-state index is 11.6. The molecule has 0 saturated carbocycles. The Hall–Kier alpha value is -1.61. The molecule has 0 aliphatic heterocycles. The van der Waals surface area contributed by atoms with E-state index in [0.29, 0.717) is 5.56 Å². The molecule has 0 aliphatic carbocycles. The molecule has 4 heteroatoms. The SMILES string of the molecule is O=C(CCl)c1ccccc1-n1cccn1. The van der Waals surface area contributed by atoms with E-state index in [1.54, 1.807) is 23.1 Å². The van der Waals surface area contributed by atoms with Gasteiger partial charge in [-0.3, -0.25) is 4.79 Å². The number of benzene rings is 1. The van der Waals surface area contributed by atoms with Crippen LogP contribution in [-0.2, 0) is 0 Å². The van der Waals surface area contributed by atoms with Gasteiger partial charge in [-0.2, -0.15) is 5.10 Å². The van der Waals surface area contributed by atoms with Crippen LogP contribution in [0.15, 0.2) is 42.7 Å². The van der Waals surface area contributed by atoms with Gasteiger partial charge in [0, 0.05) is 18.0 Å². The predicted octanol–water partition coefficient (Wildman–Crippen LogP) is 2.29. The average molecular weight is 221 g/mol. The van der Waals surface area contributed by atoms with Crippen molar-refractivity contribution in [3.63, 3.8) is 0 Å². The quantitative estimate of drug-likeness (QED) is 0.588. The van der Waals surface area contributed by atoms with Crippen LogP contribution in [0.3, 0.4) is 0 Å². The van der Waals surface area contributed by atoms with Crippen molar-refractivity contribution < 1.29 is 4.79 Å². The van der Waals surface area contributed by atoms with Gasteiger partial charge in [-0.05, 0) is 18.2 Å². The molecule has 0 saturated heterocycles. The monoisotopic (exact) mass is 220 g/mol. The topological polar surface area (TPSA) is 34.9 Å². The molecule has 0 fully saturated rings. The Morgan fingerprint density at radius 2 is 2.13 bits per heavy atom. The Kier molecular flexibility index (Phi) is 2.83.